The van der Waals surface area contributed by atoms with Crippen molar-refractivity contribution in [3.8, 4) is 0 Å². The summed E-state index contributed by atoms with van der Waals surface area (Å²) in [6.45, 7) is 1.14. The van der Waals surface area contributed by atoms with Crippen LogP contribution in [-0.2, 0) is 4.79 Å². The molecule has 1 amide bonds. The summed E-state index contributed by atoms with van der Waals surface area (Å²) in [6.07, 6.45) is 0. The van der Waals surface area contributed by atoms with Gasteiger partial charge >= 0.3 is 0 Å². The Labute approximate surface area is 76.7 Å². The molecule has 0 unspecified atom stereocenters. The number of carbonyl (C=O) groups is 1. The van der Waals surface area contributed by atoms with E-state index in [0.29, 0.717) is 5.71 Å². The van der Waals surface area contributed by atoms with E-state index in [1.807, 2.05) is 18.2 Å². The third-order valence-corrected chi connectivity index (χ3v) is 1.55. The summed E-state index contributed by atoms with van der Waals surface area (Å²) in [5.74, 6) is -0.298. The first-order valence-corrected chi connectivity index (χ1v) is 3.98. The molecule has 0 saturated carbocycles. The zero-order valence-electron chi connectivity index (χ0n) is 7.40. The average molecular weight is 177 g/mol. The molecular formula is C10H11NO2. The van der Waals surface area contributed by atoms with Crippen molar-refractivity contribution in [2.45, 2.75) is 6.92 Å². The van der Waals surface area contributed by atoms with E-state index in [1.54, 1.807) is 12.1 Å². The van der Waals surface area contributed by atoms with Crippen LogP contribution in [0.4, 0.5) is 0 Å². The second-order valence-electron chi connectivity index (χ2n) is 2.60. The van der Waals surface area contributed by atoms with Gasteiger partial charge in [-0.1, -0.05) is 30.3 Å². The lowest BCUT2D eigenvalue weighted by Crippen LogP contribution is -2.08. The van der Waals surface area contributed by atoms with Crippen LogP contribution < -0.4 is 0 Å². The molecule has 0 spiro atoms. The van der Waals surface area contributed by atoms with Crippen LogP contribution in [0.25, 0.3) is 0 Å². The second-order valence-corrected chi connectivity index (χ2v) is 2.60. The van der Waals surface area contributed by atoms with Crippen LogP contribution in [0.5, 0.6) is 0 Å². The van der Waals surface area contributed by atoms with Gasteiger partial charge in [-0.05, 0) is 5.56 Å². The monoisotopic (exact) mass is 177 g/mol. The zero-order chi connectivity index (χ0) is 9.68. The van der Waals surface area contributed by atoms with E-state index >= 15 is 0 Å². The van der Waals surface area contributed by atoms with Gasteiger partial charge in [-0.3, -0.25) is 4.79 Å². The average Bonchev–Trinajstić information content (AvgIpc) is 2.15. The SMILES string of the molecule is CC(=O)N=C(CO)c1ccccc1. The number of benzene rings is 1. The van der Waals surface area contributed by atoms with Gasteiger partial charge in [0.1, 0.15) is 0 Å². The first-order chi connectivity index (χ1) is 6.24. The number of hydrogen-bond acceptors (Lipinski definition) is 2. The number of amides is 1. The highest BCUT2D eigenvalue weighted by Gasteiger charge is 2.01. The Morgan fingerprint density at radius 1 is 1.38 bits per heavy atom. The maximum absolute atomic E-state index is 10.7. The number of hydrogen-bond donors (Lipinski definition) is 1. The molecule has 0 bridgehead atoms. The number of aliphatic hydroxyl groups is 1. The fourth-order valence-corrected chi connectivity index (χ4v) is 1.01. The van der Waals surface area contributed by atoms with Crippen LogP contribution in [0.15, 0.2) is 35.3 Å². The molecule has 0 aliphatic carbocycles. The van der Waals surface area contributed by atoms with Crippen molar-refractivity contribution in [2.24, 2.45) is 4.99 Å². The summed E-state index contributed by atoms with van der Waals surface area (Å²) >= 11 is 0. The molecule has 0 fully saturated rings. The Bertz CT molecular complexity index is 317. The predicted octanol–water partition coefficient (Wildman–Crippen LogP) is 1.01. The Balaban J connectivity index is 2.98. The van der Waals surface area contributed by atoms with Crippen molar-refractivity contribution in [3.05, 3.63) is 35.9 Å². The van der Waals surface area contributed by atoms with Crippen molar-refractivity contribution >= 4 is 11.6 Å². The van der Waals surface area contributed by atoms with Crippen LogP contribution in [0.2, 0.25) is 0 Å². The Morgan fingerprint density at radius 3 is 2.46 bits per heavy atom. The molecule has 1 aromatic rings. The van der Waals surface area contributed by atoms with Gasteiger partial charge in [-0.15, -0.1) is 0 Å². The van der Waals surface area contributed by atoms with Gasteiger partial charge in [0, 0.05) is 6.92 Å². The third kappa shape index (κ3) is 2.80. The van der Waals surface area contributed by atoms with Crippen molar-refractivity contribution in [1.82, 2.24) is 0 Å². The first-order valence-electron chi connectivity index (χ1n) is 3.98. The van der Waals surface area contributed by atoms with Crippen LogP contribution in [-0.4, -0.2) is 23.3 Å². The number of carbonyl (C=O) groups excluding carboxylic acids is 1. The summed E-state index contributed by atoms with van der Waals surface area (Å²) in [4.78, 5) is 14.4. The molecule has 0 atom stereocenters. The topological polar surface area (TPSA) is 49.7 Å². The first kappa shape index (κ1) is 9.61. The highest BCUT2D eigenvalue weighted by atomic mass is 16.3. The minimum Gasteiger partial charge on any atom is -0.390 e. The number of aliphatic hydroxyl groups excluding tert-OH is 1. The van der Waals surface area contributed by atoms with E-state index in [2.05, 4.69) is 4.99 Å². The van der Waals surface area contributed by atoms with E-state index in [4.69, 9.17) is 5.11 Å². The molecule has 0 radical (unpaired) electrons. The summed E-state index contributed by atoms with van der Waals surface area (Å²) in [7, 11) is 0. The standard InChI is InChI=1S/C10H11NO2/c1-8(13)11-10(7-12)9-5-3-2-4-6-9/h2-6,12H,7H2,1H3. The van der Waals surface area contributed by atoms with Gasteiger partial charge in [-0.2, -0.15) is 0 Å². The van der Waals surface area contributed by atoms with Gasteiger partial charge < -0.3 is 5.11 Å². The molecule has 1 rings (SSSR count). The maximum Gasteiger partial charge on any atom is 0.242 e. The summed E-state index contributed by atoms with van der Waals surface area (Å²) < 4.78 is 0. The fraction of sp³-hybridized carbons (Fsp3) is 0.200. The Hall–Kier alpha value is -1.48. The normalized spacial score (nSPS) is 11.4. The third-order valence-electron chi connectivity index (χ3n) is 1.55. The minimum atomic E-state index is -0.298. The lowest BCUT2D eigenvalue weighted by Gasteiger charge is -2.00. The molecule has 0 heterocycles. The van der Waals surface area contributed by atoms with E-state index < -0.39 is 0 Å². The van der Waals surface area contributed by atoms with E-state index in [9.17, 15) is 4.79 Å². The summed E-state index contributed by atoms with van der Waals surface area (Å²) in [5.41, 5.74) is 1.19. The van der Waals surface area contributed by atoms with Gasteiger partial charge in [0.25, 0.3) is 0 Å². The number of nitrogens with zero attached hydrogens (tertiary/aromatic N) is 1. The second kappa shape index (κ2) is 4.52. The zero-order valence-corrected chi connectivity index (χ0v) is 7.40. The lowest BCUT2D eigenvalue weighted by atomic mass is 10.1. The Morgan fingerprint density at radius 2 is 2.00 bits per heavy atom. The number of rotatable bonds is 2. The van der Waals surface area contributed by atoms with Gasteiger partial charge in [-0.25, -0.2) is 4.99 Å². The highest BCUT2D eigenvalue weighted by Crippen LogP contribution is 2.00. The van der Waals surface area contributed by atoms with Crippen LogP contribution in [0.1, 0.15) is 12.5 Å². The van der Waals surface area contributed by atoms with Crippen LogP contribution >= 0.6 is 0 Å². The summed E-state index contributed by atoms with van der Waals surface area (Å²) in [6, 6.07) is 9.14. The maximum atomic E-state index is 10.7. The number of aliphatic imine (C=N–C) groups is 1. The van der Waals surface area contributed by atoms with Gasteiger partial charge in [0.05, 0.1) is 12.3 Å². The largest absolute Gasteiger partial charge is 0.390 e. The smallest absolute Gasteiger partial charge is 0.242 e. The molecule has 68 valence electrons. The fourth-order valence-electron chi connectivity index (χ4n) is 1.01. The molecule has 0 saturated heterocycles. The van der Waals surface area contributed by atoms with E-state index in [0.717, 1.165) is 5.56 Å². The van der Waals surface area contributed by atoms with E-state index in [-0.39, 0.29) is 12.5 Å². The van der Waals surface area contributed by atoms with Gasteiger partial charge in [0.2, 0.25) is 5.91 Å². The van der Waals surface area contributed by atoms with Crippen LogP contribution in [0.3, 0.4) is 0 Å². The summed E-state index contributed by atoms with van der Waals surface area (Å²) in [5, 5.41) is 8.95. The molecule has 3 heteroatoms. The molecule has 3 nitrogen and oxygen atoms in total. The molecule has 1 N–H and O–H groups in total. The van der Waals surface area contributed by atoms with Crippen molar-refractivity contribution in [1.29, 1.82) is 0 Å². The quantitative estimate of drug-likeness (QED) is 0.685. The molecule has 13 heavy (non-hydrogen) atoms. The molecule has 0 aliphatic rings. The van der Waals surface area contributed by atoms with Gasteiger partial charge in [0.15, 0.2) is 0 Å². The minimum absolute atomic E-state index is 0.219. The van der Waals surface area contributed by atoms with Crippen molar-refractivity contribution in [2.75, 3.05) is 6.61 Å². The molecule has 0 aromatic heterocycles. The van der Waals surface area contributed by atoms with Crippen molar-refractivity contribution in [3.63, 3.8) is 0 Å². The molecule has 0 aliphatic heterocycles. The van der Waals surface area contributed by atoms with E-state index in [1.165, 1.54) is 6.92 Å². The molecule has 1 aromatic carbocycles. The Kier molecular flexibility index (Phi) is 3.34. The van der Waals surface area contributed by atoms with Crippen molar-refractivity contribution < 1.29 is 9.90 Å². The molecular weight excluding hydrogens is 166 g/mol. The predicted molar refractivity (Wildman–Crippen MR) is 50.7 cm³/mol. The highest BCUT2D eigenvalue weighted by molar-refractivity contribution is 6.06. The lowest BCUT2D eigenvalue weighted by molar-refractivity contribution is -0.115. The van der Waals surface area contributed by atoms with Crippen LogP contribution in [0, 0.1) is 0 Å².